The summed E-state index contributed by atoms with van der Waals surface area (Å²) in [6.07, 6.45) is 8.90. The molecule has 0 bridgehead atoms. The molecule has 0 aromatic heterocycles. The van der Waals surface area contributed by atoms with Crippen molar-refractivity contribution in [3.8, 4) is 11.1 Å². The van der Waals surface area contributed by atoms with E-state index < -0.39 is 0 Å². The van der Waals surface area contributed by atoms with Crippen molar-refractivity contribution in [2.45, 2.75) is 32.1 Å². The maximum Gasteiger partial charge on any atom is 2.00 e. The maximum absolute atomic E-state index is 2.37. The van der Waals surface area contributed by atoms with Crippen molar-refractivity contribution < 1.29 is 51.0 Å². The zero-order valence-corrected chi connectivity index (χ0v) is 17.9. The van der Waals surface area contributed by atoms with Gasteiger partial charge >= 0.3 is 26.2 Å². The first kappa shape index (κ1) is 21.4. The molecule has 2 aromatic carbocycles. The quantitative estimate of drug-likeness (QED) is 0.507. The summed E-state index contributed by atoms with van der Waals surface area (Å²) in [6.45, 7) is 4.73. The SMILES string of the molecule is CC(C)(C1=CC=CC1)c1cccc2c1Cc1ccccc1-2.[Cl-].[Cl-].[Zr+2]. The fraction of sp³-hybridized carbons (Fsp3) is 0.238. The van der Waals surface area contributed by atoms with E-state index in [1.165, 1.54) is 33.4 Å². The topological polar surface area (TPSA) is 0 Å². The van der Waals surface area contributed by atoms with Crippen molar-refractivity contribution >= 4 is 0 Å². The van der Waals surface area contributed by atoms with E-state index in [1.54, 1.807) is 0 Å². The fourth-order valence-corrected chi connectivity index (χ4v) is 3.83. The van der Waals surface area contributed by atoms with E-state index in [1.807, 2.05) is 0 Å². The van der Waals surface area contributed by atoms with Crippen molar-refractivity contribution in [2.75, 3.05) is 0 Å². The van der Waals surface area contributed by atoms with E-state index >= 15 is 0 Å². The van der Waals surface area contributed by atoms with Crippen LogP contribution < -0.4 is 24.8 Å². The number of rotatable bonds is 2. The van der Waals surface area contributed by atoms with Crippen LogP contribution in [0.5, 0.6) is 0 Å². The van der Waals surface area contributed by atoms with Crippen LogP contribution in [-0.2, 0) is 38.0 Å². The first-order valence-corrected chi connectivity index (χ1v) is 7.75. The van der Waals surface area contributed by atoms with Crippen LogP contribution in [0.1, 0.15) is 37.0 Å². The molecule has 0 aliphatic heterocycles. The molecule has 0 radical (unpaired) electrons. The molecule has 0 fully saturated rings. The van der Waals surface area contributed by atoms with Gasteiger partial charge in [0.2, 0.25) is 0 Å². The molecule has 0 unspecified atom stereocenters. The monoisotopic (exact) mass is 432 g/mol. The van der Waals surface area contributed by atoms with Crippen LogP contribution in [0.3, 0.4) is 0 Å². The van der Waals surface area contributed by atoms with Crippen molar-refractivity contribution in [1.82, 2.24) is 0 Å². The van der Waals surface area contributed by atoms with Gasteiger partial charge < -0.3 is 24.8 Å². The van der Waals surface area contributed by atoms with Gasteiger partial charge in [-0.15, -0.1) is 0 Å². The molecule has 0 spiro atoms. The molecule has 2 aliphatic carbocycles. The first-order chi connectivity index (χ1) is 10.2. The summed E-state index contributed by atoms with van der Waals surface area (Å²) in [5, 5.41) is 0. The van der Waals surface area contributed by atoms with Crippen molar-refractivity contribution in [1.29, 1.82) is 0 Å². The Hall–Kier alpha value is -0.617. The summed E-state index contributed by atoms with van der Waals surface area (Å²) in [5.41, 5.74) is 8.96. The van der Waals surface area contributed by atoms with Crippen LogP contribution in [0, 0.1) is 0 Å². The van der Waals surface area contributed by atoms with Crippen LogP contribution in [-0.4, -0.2) is 0 Å². The third kappa shape index (κ3) is 3.36. The Labute approximate surface area is 176 Å². The molecular weight excluding hydrogens is 414 g/mol. The Bertz CT molecular complexity index is 788. The van der Waals surface area contributed by atoms with Gasteiger partial charge in [-0.3, -0.25) is 0 Å². The first-order valence-electron chi connectivity index (χ1n) is 7.75. The van der Waals surface area contributed by atoms with Crippen LogP contribution in [0.2, 0.25) is 0 Å². The van der Waals surface area contributed by atoms with Gasteiger partial charge in [0, 0.05) is 5.41 Å². The number of allylic oxidation sites excluding steroid dienone is 4. The van der Waals surface area contributed by atoms with Crippen LogP contribution in [0.25, 0.3) is 11.1 Å². The largest absolute Gasteiger partial charge is 2.00 e. The second-order valence-electron chi connectivity index (χ2n) is 6.61. The predicted molar refractivity (Wildman–Crippen MR) is 89.6 cm³/mol. The normalized spacial score (nSPS) is 13.8. The molecule has 24 heavy (non-hydrogen) atoms. The van der Waals surface area contributed by atoms with Gasteiger partial charge in [0.15, 0.2) is 0 Å². The predicted octanol–water partition coefficient (Wildman–Crippen LogP) is -0.573. The molecule has 0 saturated heterocycles. The van der Waals surface area contributed by atoms with Gasteiger partial charge in [0.25, 0.3) is 0 Å². The average molecular weight is 435 g/mol. The summed E-state index contributed by atoms with van der Waals surface area (Å²) in [7, 11) is 0. The summed E-state index contributed by atoms with van der Waals surface area (Å²) in [5.74, 6) is 0. The molecule has 3 heteroatoms. The standard InChI is InChI=1S/C21H20.2ClH.Zr/c1-21(2,16-9-4-5-10-16)20-13-7-12-18-17-11-6-3-8-15(17)14-19(18)20;;;/h3-9,11-13H,10,14H2,1-2H3;2*1H;/q;;;+2/p-2. The third-order valence-electron chi connectivity index (χ3n) is 5.10. The molecule has 4 rings (SSSR count). The van der Waals surface area contributed by atoms with Gasteiger partial charge in [0.05, 0.1) is 0 Å². The van der Waals surface area contributed by atoms with E-state index in [-0.39, 0.29) is 56.4 Å². The van der Waals surface area contributed by atoms with Crippen molar-refractivity contribution in [2.24, 2.45) is 0 Å². The Kier molecular flexibility index (Phi) is 7.30. The average Bonchev–Trinajstić information content (AvgIpc) is 3.14. The third-order valence-corrected chi connectivity index (χ3v) is 5.10. The molecule has 0 saturated carbocycles. The molecular formula is C21H20Cl2Zr. The molecule has 0 amide bonds. The van der Waals surface area contributed by atoms with Crippen LogP contribution >= 0.6 is 0 Å². The Morgan fingerprint density at radius 2 is 1.58 bits per heavy atom. The minimum atomic E-state index is 0. The Morgan fingerprint density at radius 1 is 0.875 bits per heavy atom. The fourth-order valence-electron chi connectivity index (χ4n) is 3.83. The number of hydrogen-bond donors (Lipinski definition) is 0. The van der Waals surface area contributed by atoms with E-state index in [0.717, 1.165) is 12.8 Å². The minimum absolute atomic E-state index is 0. The Balaban J connectivity index is 0.000000960. The molecule has 0 N–H and O–H groups in total. The second kappa shape index (κ2) is 8.17. The molecule has 2 aliphatic rings. The van der Waals surface area contributed by atoms with E-state index in [2.05, 4.69) is 74.5 Å². The number of fused-ring (bicyclic) bond motifs is 3. The number of halogens is 2. The molecule has 0 heterocycles. The van der Waals surface area contributed by atoms with Crippen molar-refractivity contribution in [3.63, 3.8) is 0 Å². The van der Waals surface area contributed by atoms with E-state index in [0.29, 0.717) is 0 Å². The van der Waals surface area contributed by atoms with Crippen molar-refractivity contribution in [3.05, 3.63) is 83.0 Å². The zero-order chi connectivity index (χ0) is 14.4. The summed E-state index contributed by atoms with van der Waals surface area (Å²) < 4.78 is 0. The van der Waals surface area contributed by atoms with E-state index in [9.17, 15) is 0 Å². The van der Waals surface area contributed by atoms with Gasteiger partial charge in [-0.05, 0) is 40.7 Å². The summed E-state index contributed by atoms with van der Waals surface area (Å²) in [4.78, 5) is 0. The molecule has 122 valence electrons. The van der Waals surface area contributed by atoms with Gasteiger partial charge in [-0.25, -0.2) is 0 Å². The number of benzene rings is 2. The van der Waals surface area contributed by atoms with Crippen LogP contribution in [0.4, 0.5) is 0 Å². The minimum Gasteiger partial charge on any atom is -1.00 e. The zero-order valence-electron chi connectivity index (χ0n) is 13.9. The van der Waals surface area contributed by atoms with Gasteiger partial charge in [0.1, 0.15) is 0 Å². The number of hydrogen-bond acceptors (Lipinski definition) is 0. The molecule has 2 aromatic rings. The summed E-state index contributed by atoms with van der Waals surface area (Å²) in [6, 6.07) is 15.7. The maximum atomic E-state index is 2.37. The summed E-state index contributed by atoms with van der Waals surface area (Å²) >= 11 is 0. The molecule has 0 atom stereocenters. The molecule has 0 nitrogen and oxygen atoms in total. The van der Waals surface area contributed by atoms with Gasteiger partial charge in [-0.1, -0.05) is 80.1 Å². The smallest absolute Gasteiger partial charge is 1.00 e. The Morgan fingerprint density at radius 3 is 2.29 bits per heavy atom. The van der Waals surface area contributed by atoms with E-state index in [4.69, 9.17) is 0 Å². The van der Waals surface area contributed by atoms with Crippen LogP contribution in [0.15, 0.2) is 66.3 Å². The van der Waals surface area contributed by atoms with Gasteiger partial charge in [-0.2, -0.15) is 0 Å². The second-order valence-corrected chi connectivity index (χ2v) is 6.61.